The molecule has 0 aromatic heterocycles. The van der Waals surface area contributed by atoms with Crippen molar-refractivity contribution in [1.82, 2.24) is 0 Å². The quantitative estimate of drug-likeness (QED) is 0.880. The van der Waals surface area contributed by atoms with E-state index in [1.165, 1.54) is 12.1 Å². The molecule has 0 unspecified atom stereocenters. The van der Waals surface area contributed by atoms with Crippen molar-refractivity contribution in [2.75, 3.05) is 19.8 Å². The van der Waals surface area contributed by atoms with Crippen LogP contribution in [0.3, 0.4) is 0 Å². The Labute approximate surface area is 100 Å². The maximum Gasteiger partial charge on any atom is 0.127 e. The summed E-state index contributed by atoms with van der Waals surface area (Å²) < 4.78 is 23.9. The second-order valence-electron chi connectivity index (χ2n) is 4.25. The summed E-state index contributed by atoms with van der Waals surface area (Å²) in [5.74, 6) is 0.0771. The van der Waals surface area contributed by atoms with Gasteiger partial charge in [0.25, 0.3) is 0 Å². The molecule has 0 radical (unpaired) electrons. The Morgan fingerprint density at radius 2 is 2.06 bits per heavy atom. The summed E-state index contributed by atoms with van der Waals surface area (Å²) in [6, 6.07) is 4.40. The predicted molar refractivity (Wildman–Crippen MR) is 61.5 cm³/mol. The van der Waals surface area contributed by atoms with Gasteiger partial charge in [-0.25, -0.2) is 4.39 Å². The van der Waals surface area contributed by atoms with Gasteiger partial charge in [-0.3, -0.25) is 0 Å². The van der Waals surface area contributed by atoms with Crippen LogP contribution in [-0.2, 0) is 10.3 Å². The molecule has 3 nitrogen and oxygen atoms in total. The number of rotatable bonds is 3. The topological polar surface area (TPSA) is 38.7 Å². The van der Waals surface area contributed by atoms with Crippen LogP contribution in [0, 0.1) is 5.82 Å². The number of benzene rings is 1. The largest absolute Gasteiger partial charge is 0.494 e. The van der Waals surface area contributed by atoms with E-state index in [1.807, 2.05) is 6.92 Å². The molecule has 94 valence electrons. The zero-order valence-corrected chi connectivity index (χ0v) is 9.91. The summed E-state index contributed by atoms with van der Waals surface area (Å²) in [5.41, 5.74) is -0.420. The van der Waals surface area contributed by atoms with Gasteiger partial charge < -0.3 is 14.6 Å². The maximum atomic E-state index is 13.5. The van der Waals surface area contributed by atoms with Crippen molar-refractivity contribution in [3.05, 3.63) is 29.6 Å². The van der Waals surface area contributed by atoms with Gasteiger partial charge in [0.2, 0.25) is 0 Å². The van der Waals surface area contributed by atoms with Gasteiger partial charge in [0.05, 0.1) is 12.2 Å². The molecule has 1 N–H and O–H groups in total. The van der Waals surface area contributed by atoms with Gasteiger partial charge in [-0.15, -0.1) is 0 Å². The van der Waals surface area contributed by atoms with Crippen LogP contribution in [0.2, 0.25) is 0 Å². The van der Waals surface area contributed by atoms with Gasteiger partial charge in [-0.05, 0) is 24.6 Å². The van der Waals surface area contributed by atoms with Crippen LogP contribution in [0.4, 0.5) is 4.39 Å². The van der Waals surface area contributed by atoms with Crippen LogP contribution in [0.15, 0.2) is 18.2 Å². The fraction of sp³-hybridized carbons (Fsp3) is 0.538. The first-order valence-corrected chi connectivity index (χ1v) is 5.88. The van der Waals surface area contributed by atoms with E-state index in [1.54, 1.807) is 6.07 Å². The third-order valence-corrected chi connectivity index (χ3v) is 3.04. The third-order valence-electron chi connectivity index (χ3n) is 3.04. The zero-order valence-electron chi connectivity index (χ0n) is 9.91. The highest BCUT2D eigenvalue weighted by atomic mass is 19.1. The van der Waals surface area contributed by atoms with Crippen molar-refractivity contribution in [3.8, 4) is 5.75 Å². The molecule has 1 heterocycles. The Morgan fingerprint density at radius 1 is 1.35 bits per heavy atom. The fourth-order valence-corrected chi connectivity index (χ4v) is 2.08. The van der Waals surface area contributed by atoms with E-state index in [9.17, 15) is 9.50 Å². The van der Waals surface area contributed by atoms with E-state index >= 15 is 0 Å². The molecule has 0 amide bonds. The summed E-state index contributed by atoms with van der Waals surface area (Å²) >= 11 is 0. The lowest BCUT2D eigenvalue weighted by Crippen LogP contribution is -2.33. The lowest BCUT2D eigenvalue weighted by atomic mass is 9.86. The summed E-state index contributed by atoms with van der Waals surface area (Å²) in [5, 5.41) is 10.5. The fourth-order valence-electron chi connectivity index (χ4n) is 2.08. The minimum atomic E-state index is -0.994. The molecule has 17 heavy (non-hydrogen) atoms. The van der Waals surface area contributed by atoms with E-state index in [0.717, 1.165) is 0 Å². The summed E-state index contributed by atoms with van der Waals surface area (Å²) in [6.07, 6.45) is 0.976. The Morgan fingerprint density at radius 3 is 2.71 bits per heavy atom. The average molecular weight is 240 g/mol. The monoisotopic (exact) mass is 240 g/mol. The minimum Gasteiger partial charge on any atom is -0.494 e. The number of ether oxygens (including phenoxy) is 2. The molecule has 4 heteroatoms. The molecule has 0 aliphatic carbocycles. The van der Waals surface area contributed by atoms with Crippen LogP contribution >= 0.6 is 0 Å². The molecule has 0 bridgehead atoms. The molecule has 1 fully saturated rings. The highest BCUT2D eigenvalue weighted by molar-refractivity contribution is 5.33. The standard InChI is InChI=1S/C13H17FO3/c1-2-17-12-8-10(7-11(14)9-12)13(15)3-5-16-6-4-13/h7-9,15H,2-6H2,1H3. The van der Waals surface area contributed by atoms with Gasteiger partial charge in [0.15, 0.2) is 0 Å². The molecule has 1 saturated heterocycles. The molecule has 2 rings (SSSR count). The van der Waals surface area contributed by atoms with Crippen molar-refractivity contribution >= 4 is 0 Å². The van der Waals surface area contributed by atoms with E-state index in [0.29, 0.717) is 44.0 Å². The molecule has 0 atom stereocenters. The van der Waals surface area contributed by atoms with Crippen molar-refractivity contribution < 1.29 is 19.0 Å². The van der Waals surface area contributed by atoms with Gasteiger partial charge in [-0.2, -0.15) is 0 Å². The number of hydrogen-bond donors (Lipinski definition) is 1. The Kier molecular flexibility index (Phi) is 3.64. The second-order valence-corrected chi connectivity index (χ2v) is 4.25. The lowest BCUT2D eigenvalue weighted by molar-refractivity contribution is -0.0681. The Bertz CT molecular complexity index is 386. The average Bonchev–Trinajstić information content (AvgIpc) is 2.30. The van der Waals surface area contributed by atoms with Gasteiger partial charge in [-0.1, -0.05) is 0 Å². The number of hydrogen-bond acceptors (Lipinski definition) is 3. The normalized spacial score (nSPS) is 19.0. The van der Waals surface area contributed by atoms with Crippen LogP contribution < -0.4 is 4.74 Å². The molecule has 0 spiro atoms. The van der Waals surface area contributed by atoms with Crippen LogP contribution in [0.1, 0.15) is 25.3 Å². The van der Waals surface area contributed by atoms with Gasteiger partial charge in [0, 0.05) is 32.1 Å². The molecular formula is C13H17FO3. The highest BCUT2D eigenvalue weighted by Crippen LogP contribution is 2.34. The first kappa shape index (κ1) is 12.3. The molecule has 1 aromatic rings. The third kappa shape index (κ3) is 2.76. The Hall–Kier alpha value is -1.13. The van der Waals surface area contributed by atoms with Crippen molar-refractivity contribution in [2.24, 2.45) is 0 Å². The minimum absolute atomic E-state index is 0.383. The second kappa shape index (κ2) is 5.02. The zero-order chi connectivity index (χ0) is 12.3. The first-order valence-electron chi connectivity index (χ1n) is 5.88. The smallest absolute Gasteiger partial charge is 0.127 e. The first-order chi connectivity index (χ1) is 8.14. The van der Waals surface area contributed by atoms with E-state index in [-0.39, 0.29) is 5.82 Å². The molecule has 0 saturated carbocycles. The van der Waals surface area contributed by atoms with Crippen molar-refractivity contribution in [3.63, 3.8) is 0 Å². The van der Waals surface area contributed by atoms with Crippen LogP contribution in [0.5, 0.6) is 5.75 Å². The summed E-state index contributed by atoms with van der Waals surface area (Å²) in [7, 11) is 0. The van der Waals surface area contributed by atoms with E-state index < -0.39 is 5.60 Å². The lowest BCUT2D eigenvalue weighted by Gasteiger charge is -2.32. The van der Waals surface area contributed by atoms with E-state index in [4.69, 9.17) is 9.47 Å². The summed E-state index contributed by atoms with van der Waals surface area (Å²) in [4.78, 5) is 0. The van der Waals surface area contributed by atoms with Crippen LogP contribution in [-0.4, -0.2) is 24.9 Å². The predicted octanol–water partition coefficient (Wildman–Crippen LogP) is 2.22. The van der Waals surface area contributed by atoms with Gasteiger partial charge in [0.1, 0.15) is 11.6 Å². The van der Waals surface area contributed by atoms with Gasteiger partial charge >= 0.3 is 0 Å². The molecule has 1 aromatic carbocycles. The molecular weight excluding hydrogens is 223 g/mol. The maximum absolute atomic E-state index is 13.5. The Balaban J connectivity index is 2.30. The SMILES string of the molecule is CCOc1cc(F)cc(C2(O)CCOCC2)c1. The van der Waals surface area contributed by atoms with Crippen molar-refractivity contribution in [1.29, 1.82) is 0 Å². The molecule has 1 aliphatic heterocycles. The highest BCUT2D eigenvalue weighted by Gasteiger charge is 2.32. The number of halogens is 1. The van der Waals surface area contributed by atoms with E-state index in [2.05, 4.69) is 0 Å². The molecule has 1 aliphatic rings. The number of aliphatic hydroxyl groups is 1. The van der Waals surface area contributed by atoms with Crippen LogP contribution in [0.25, 0.3) is 0 Å². The van der Waals surface area contributed by atoms with Crippen molar-refractivity contribution in [2.45, 2.75) is 25.4 Å². The summed E-state index contributed by atoms with van der Waals surface area (Å²) in [6.45, 7) is 3.31.